The van der Waals surface area contributed by atoms with Crippen LogP contribution in [-0.4, -0.2) is 85.8 Å². The smallest absolute Gasteiger partial charge is 0.247 e. The Kier molecular flexibility index (Phi) is 7.50. The van der Waals surface area contributed by atoms with Crippen molar-refractivity contribution in [1.29, 1.82) is 0 Å². The van der Waals surface area contributed by atoms with Crippen LogP contribution in [-0.2, 0) is 20.9 Å². The Bertz CT molecular complexity index is 1090. The lowest BCUT2D eigenvalue weighted by Gasteiger charge is -2.38. The van der Waals surface area contributed by atoms with Gasteiger partial charge in [-0.05, 0) is 18.4 Å². The van der Waals surface area contributed by atoms with Crippen molar-refractivity contribution < 1.29 is 19.5 Å². The van der Waals surface area contributed by atoms with Gasteiger partial charge in [-0.15, -0.1) is 11.8 Å². The minimum absolute atomic E-state index is 0.0350. The summed E-state index contributed by atoms with van der Waals surface area (Å²) in [6.45, 7) is 5.93. The number of rotatable bonds is 8. The number of aliphatic hydroxyl groups excluding tert-OH is 1. The molecule has 6 atom stereocenters. The molecule has 8 heteroatoms. The molecule has 0 saturated carbocycles. The zero-order valence-corrected chi connectivity index (χ0v) is 22.5. The van der Waals surface area contributed by atoms with Gasteiger partial charge in [0, 0.05) is 31.4 Å². The van der Waals surface area contributed by atoms with E-state index in [1.54, 1.807) is 16.7 Å². The molecule has 1 aromatic carbocycles. The summed E-state index contributed by atoms with van der Waals surface area (Å²) >= 11 is 1.60. The van der Waals surface area contributed by atoms with Gasteiger partial charge in [-0.25, -0.2) is 0 Å². The van der Waals surface area contributed by atoms with Crippen molar-refractivity contribution in [2.45, 2.75) is 61.7 Å². The van der Waals surface area contributed by atoms with Gasteiger partial charge in [-0.1, -0.05) is 74.9 Å². The molecule has 1 spiro atoms. The molecule has 4 aliphatic heterocycles. The van der Waals surface area contributed by atoms with Gasteiger partial charge in [-0.3, -0.25) is 14.4 Å². The number of nitrogens with zero attached hydrogens (tertiary/aromatic N) is 3. The minimum atomic E-state index is -0.831. The third kappa shape index (κ3) is 4.32. The maximum Gasteiger partial charge on any atom is 0.247 e. The van der Waals surface area contributed by atoms with E-state index >= 15 is 0 Å². The first-order valence-corrected chi connectivity index (χ1v) is 14.4. The van der Waals surface area contributed by atoms with Crippen LogP contribution in [0.3, 0.4) is 0 Å². The molecule has 1 aromatic rings. The van der Waals surface area contributed by atoms with E-state index in [0.29, 0.717) is 32.6 Å². The fraction of sp³-hybridized carbons (Fsp3) is 0.552. The Hall–Kier alpha value is -2.58. The lowest BCUT2D eigenvalue weighted by molar-refractivity contribution is -0.147. The standard InChI is InChI=1S/C29H37N3O4S/c1-3-5-15-30-17-10-14-29-24(27(35)32(21(4-2)19-33)25(29)28(30)36)23-22(37-29)13-9-16-31(26(23)34)18-20-11-7-6-8-12-20/h6-14,21-25,33H,3-5,15-19H2,1-2H3/t21-,22+,23-,24-,25?,29-/m0/s1. The van der Waals surface area contributed by atoms with E-state index < -0.39 is 28.7 Å². The number of fused-ring (bicyclic) bond motifs is 2. The van der Waals surface area contributed by atoms with Crippen molar-refractivity contribution >= 4 is 29.5 Å². The summed E-state index contributed by atoms with van der Waals surface area (Å²) in [6.07, 6.45) is 10.6. The summed E-state index contributed by atoms with van der Waals surface area (Å²) in [5.41, 5.74) is 1.04. The number of likely N-dealkylation sites (tertiary alicyclic amines) is 1. The Morgan fingerprint density at radius 2 is 1.78 bits per heavy atom. The van der Waals surface area contributed by atoms with Crippen LogP contribution in [0.15, 0.2) is 54.6 Å². The van der Waals surface area contributed by atoms with Crippen LogP contribution in [0.25, 0.3) is 0 Å². The first kappa shape index (κ1) is 26.0. The molecule has 198 valence electrons. The summed E-state index contributed by atoms with van der Waals surface area (Å²) < 4.78 is -0.831. The normalized spacial score (nSPS) is 31.8. The van der Waals surface area contributed by atoms with Crippen LogP contribution < -0.4 is 0 Å². The van der Waals surface area contributed by atoms with E-state index in [0.717, 1.165) is 18.4 Å². The molecule has 4 aliphatic rings. The van der Waals surface area contributed by atoms with Gasteiger partial charge in [0.1, 0.15) is 6.04 Å². The molecule has 7 nitrogen and oxygen atoms in total. The fourth-order valence-electron chi connectivity index (χ4n) is 6.48. The second-order valence-electron chi connectivity index (χ2n) is 10.5. The number of aliphatic hydroxyl groups is 1. The van der Waals surface area contributed by atoms with Crippen LogP contribution in [0, 0.1) is 11.8 Å². The molecule has 1 unspecified atom stereocenters. The van der Waals surface area contributed by atoms with Crippen molar-refractivity contribution in [3.8, 4) is 0 Å². The molecular formula is C29H37N3O4S. The van der Waals surface area contributed by atoms with Crippen molar-refractivity contribution in [1.82, 2.24) is 14.7 Å². The molecule has 4 heterocycles. The molecule has 0 aromatic heterocycles. The highest BCUT2D eigenvalue weighted by Crippen LogP contribution is 2.61. The van der Waals surface area contributed by atoms with Crippen molar-refractivity contribution in [3.05, 3.63) is 60.2 Å². The number of benzene rings is 1. The average Bonchev–Trinajstić information content (AvgIpc) is 3.23. The maximum absolute atomic E-state index is 14.3. The fourth-order valence-corrected chi connectivity index (χ4v) is 8.47. The Morgan fingerprint density at radius 1 is 1.03 bits per heavy atom. The summed E-state index contributed by atoms with van der Waals surface area (Å²) in [7, 11) is 0. The number of carbonyl (C=O) groups is 3. The third-order valence-electron chi connectivity index (χ3n) is 8.34. The number of amides is 3. The summed E-state index contributed by atoms with van der Waals surface area (Å²) in [6, 6.07) is 8.72. The number of hydrogen-bond donors (Lipinski definition) is 1. The van der Waals surface area contributed by atoms with Gasteiger partial charge in [0.05, 0.1) is 29.2 Å². The SMILES string of the molecule is CCCCN1CC=C[C@]23S[C@@H]4C=CCN(Cc5ccccc5)C(=O)[C@@H]4[C@H]2C(=O)N([C@@H](CC)CO)C3C1=O. The van der Waals surface area contributed by atoms with Crippen LogP contribution in [0.1, 0.15) is 38.7 Å². The zero-order chi connectivity index (χ0) is 26.2. The number of carbonyl (C=O) groups excluding carboxylic acids is 3. The van der Waals surface area contributed by atoms with E-state index in [1.807, 2.05) is 59.2 Å². The van der Waals surface area contributed by atoms with Gasteiger partial charge >= 0.3 is 0 Å². The summed E-state index contributed by atoms with van der Waals surface area (Å²) in [5, 5.41) is 10.0. The molecule has 3 amide bonds. The van der Waals surface area contributed by atoms with Gasteiger partial charge in [0.15, 0.2) is 0 Å². The second kappa shape index (κ2) is 10.7. The molecule has 2 saturated heterocycles. The van der Waals surface area contributed by atoms with Crippen molar-refractivity contribution in [2.75, 3.05) is 26.2 Å². The summed E-state index contributed by atoms with van der Waals surface area (Å²) in [4.78, 5) is 47.8. The number of unbranched alkanes of at least 4 members (excludes halogenated alkanes) is 1. The summed E-state index contributed by atoms with van der Waals surface area (Å²) in [5.74, 6) is -1.48. The monoisotopic (exact) mass is 523 g/mol. The van der Waals surface area contributed by atoms with E-state index in [4.69, 9.17) is 0 Å². The Morgan fingerprint density at radius 3 is 2.49 bits per heavy atom. The molecule has 2 fully saturated rings. The molecule has 0 bridgehead atoms. The molecule has 5 rings (SSSR count). The lowest BCUT2D eigenvalue weighted by Crippen LogP contribution is -2.56. The Labute approximate surface area is 223 Å². The topological polar surface area (TPSA) is 81.2 Å². The predicted molar refractivity (Wildman–Crippen MR) is 145 cm³/mol. The van der Waals surface area contributed by atoms with E-state index in [9.17, 15) is 19.5 Å². The van der Waals surface area contributed by atoms with Crippen molar-refractivity contribution in [3.63, 3.8) is 0 Å². The predicted octanol–water partition coefficient (Wildman–Crippen LogP) is 2.85. The first-order valence-electron chi connectivity index (χ1n) is 13.5. The van der Waals surface area contributed by atoms with E-state index in [1.165, 1.54) is 0 Å². The highest BCUT2D eigenvalue weighted by Gasteiger charge is 2.71. The lowest BCUT2D eigenvalue weighted by atomic mass is 9.78. The van der Waals surface area contributed by atoms with Crippen LogP contribution in [0.2, 0.25) is 0 Å². The van der Waals surface area contributed by atoms with Crippen LogP contribution >= 0.6 is 11.8 Å². The average molecular weight is 524 g/mol. The molecule has 0 radical (unpaired) electrons. The quantitative estimate of drug-likeness (QED) is 0.530. The second-order valence-corrected chi connectivity index (χ2v) is 12.0. The molecular weight excluding hydrogens is 486 g/mol. The van der Waals surface area contributed by atoms with Gasteiger partial charge in [0.25, 0.3) is 0 Å². The van der Waals surface area contributed by atoms with Gasteiger partial charge in [0.2, 0.25) is 17.7 Å². The minimum Gasteiger partial charge on any atom is -0.394 e. The molecule has 0 aliphatic carbocycles. The van der Waals surface area contributed by atoms with Gasteiger partial charge in [-0.2, -0.15) is 0 Å². The van der Waals surface area contributed by atoms with Crippen LogP contribution in [0.5, 0.6) is 0 Å². The van der Waals surface area contributed by atoms with E-state index in [2.05, 4.69) is 19.1 Å². The first-order chi connectivity index (χ1) is 18.0. The maximum atomic E-state index is 14.3. The molecule has 1 N–H and O–H groups in total. The molecule has 37 heavy (non-hydrogen) atoms. The number of hydrogen-bond acceptors (Lipinski definition) is 5. The third-order valence-corrected chi connectivity index (χ3v) is 10.1. The van der Waals surface area contributed by atoms with Crippen LogP contribution in [0.4, 0.5) is 0 Å². The number of thioether (sulfide) groups is 1. The highest BCUT2D eigenvalue weighted by molar-refractivity contribution is 8.02. The largest absolute Gasteiger partial charge is 0.394 e. The van der Waals surface area contributed by atoms with E-state index in [-0.39, 0.29) is 29.6 Å². The van der Waals surface area contributed by atoms with Crippen molar-refractivity contribution in [2.24, 2.45) is 11.8 Å². The van der Waals surface area contributed by atoms with Gasteiger partial charge < -0.3 is 19.8 Å². The highest BCUT2D eigenvalue weighted by atomic mass is 32.2. The Balaban J connectivity index is 1.55. The zero-order valence-electron chi connectivity index (χ0n) is 21.7.